The number of carbonyl (C=O) groups excluding carboxylic acids is 4. The molecule has 0 aliphatic carbocycles. The summed E-state index contributed by atoms with van der Waals surface area (Å²) in [5.41, 5.74) is 0. The molecule has 4 amide bonds. The van der Waals surface area contributed by atoms with E-state index < -0.39 is 48.5 Å². The van der Waals surface area contributed by atoms with Crippen LogP contribution in [-0.2, 0) is 33.4 Å². The number of aliphatic carboxylic acids is 1. The van der Waals surface area contributed by atoms with Crippen LogP contribution in [0.1, 0.15) is 86.0 Å². The fourth-order valence-electron chi connectivity index (χ4n) is 6.55. The lowest BCUT2D eigenvalue weighted by Crippen LogP contribution is -2.54. The third-order valence-corrected chi connectivity index (χ3v) is 9.52. The molecule has 12 heteroatoms. The van der Waals surface area contributed by atoms with Crippen LogP contribution in [0.2, 0.25) is 0 Å². The number of terminal acetylenes is 1. The molecular weight excluding hydrogens is 592 g/mol. The maximum absolute atomic E-state index is 13.8. The standard InChI is InChI=1S/C34H58N4O8/c1-10-14-16-24(12-3)25(13-4)34(44)35-20-29(40)37(7)31(22(5)11-2)27(45-8)19-28(39)38-18-15-17-26(38)32(46-9)23(6)33(43)36-21-30(41)42/h4,22-27,31-32H,10-12,14-21H2,1-3,5-9H3,(H,35,44)(H,36,43)(H,41,42). The number of hydrogen-bond acceptors (Lipinski definition) is 7. The van der Waals surface area contributed by atoms with Gasteiger partial charge in [-0.25, -0.2) is 0 Å². The minimum Gasteiger partial charge on any atom is -0.480 e. The topological polar surface area (TPSA) is 155 Å². The van der Waals surface area contributed by atoms with Gasteiger partial charge in [-0.2, -0.15) is 0 Å². The molecule has 1 rings (SSSR count). The van der Waals surface area contributed by atoms with Crippen molar-refractivity contribution >= 4 is 29.6 Å². The Morgan fingerprint density at radius 1 is 1.02 bits per heavy atom. The van der Waals surface area contributed by atoms with Crippen molar-refractivity contribution in [1.29, 1.82) is 0 Å². The number of likely N-dealkylation sites (tertiary alicyclic amines) is 1. The van der Waals surface area contributed by atoms with E-state index in [1.165, 1.54) is 14.2 Å². The Bertz CT molecular complexity index is 1050. The number of likely N-dealkylation sites (N-methyl/N-ethyl adjacent to an activating group) is 1. The molecule has 0 spiro atoms. The number of unbranched alkanes of at least 4 members (excludes halogenated alkanes) is 1. The first-order chi connectivity index (χ1) is 21.8. The molecule has 0 bridgehead atoms. The lowest BCUT2D eigenvalue weighted by Gasteiger charge is -2.39. The van der Waals surface area contributed by atoms with Crippen LogP contribution in [0.15, 0.2) is 0 Å². The van der Waals surface area contributed by atoms with Gasteiger partial charge < -0.3 is 35.0 Å². The van der Waals surface area contributed by atoms with Crippen molar-refractivity contribution in [1.82, 2.24) is 20.4 Å². The molecule has 3 N–H and O–H groups in total. The largest absolute Gasteiger partial charge is 0.480 e. The lowest BCUT2D eigenvalue weighted by molar-refractivity contribution is -0.146. The average Bonchev–Trinajstić information content (AvgIpc) is 3.53. The number of hydrogen-bond donors (Lipinski definition) is 3. The smallest absolute Gasteiger partial charge is 0.322 e. The first-order valence-corrected chi connectivity index (χ1v) is 16.7. The van der Waals surface area contributed by atoms with Gasteiger partial charge in [-0.3, -0.25) is 24.0 Å². The molecule has 1 fully saturated rings. The molecule has 0 saturated carbocycles. The van der Waals surface area contributed by atoms with Gasteiger partial charge in [0, 0.05) is 27.8 Å². The van der Waals surface area contributed by atoms with Crippen molar-refractivity contribution in [3.05, 3.63) is 0 Å². The van der Waals surface area contributed by atoms with Gasteiger partial charge in [0.2, 0.25) is 23.6 Å². The van der Waals surface area contributed by atoms with Crippen LogP contribution < -0.4 is 10.6 Å². The molecule has 1 heterocycles. The minimum atomic E-state index is -1.15. The Kier molecular flexibility index (Phi) is 18.5. The summed E-state index contributed by atoms with van der Waals surface area (Å²) in [6.07, 6.45) is 10.1. The molecule has 1 aliphatic heterocycles. The van der Waals surface area contributed by atoms with Crippen LogP contribution in [0, 0.1) is 36.0 Å². The van der Waals surface area contributed by atoms with E-state index in [9.17, 15) is 24.0 Å². The van der Waals surface area contributed by atoms with Gasteiger partial charge in [0.25, 0.3) is 0 Å². The first kappa shape index (κ1) is 40.9. The molecule has 262 valence electrons. The molecule has 1 aliphatic rings. The molecule has 12 nitrogen and oxygen atoms in total. The fraction of sp³-hybridized carbons (Fsp3) is 0.794. The van der Waals surface area contributed by atoms with E-state index >= 15 is 0 Å². The minimum absolute atomic E-state index is 0.00319. The van der Waals surface area contributed by atoms with Crippen LogP contribution in [0.3, 0.4) is 0 Å². The van der Waals surface area contributed by atoms with Gasteiger partial charge in [-0.1, -0.05) is 66.2 Å². The highest BCUT2D eigenvalue weighted by Gasteiger charge is 2.42. The molecule has 8 unspecified atom stereocenters. The summed E-state index contributed by atoms with van der Waals surface area (Å²) in [5.74, 6) is -1.11. The summed E-state index contributed by atoms with van der Waals surface area (Å²) in [5, 5.41) is 14.1. The summed E-state index contributed by atoms with van der Waals surface area (Å²) < 4.78 is 11.5. The van der Waals surface area contributed by atoms with Crippen molar-refractivity contribution in [3.63, 3.8) is 0 Å². The zero-order valence-electron chi connectivity index (χ0n) is 29.2. The summed E-state index contributed by atoms with van der Waals surface area (Å²) in [4.78, 5) is 67.0. The molecule has 1 saturated heterocycles. The van der Waals surface area contributed by atoms with E-state index in [1.54, 1.807) is 23.8 Å². The second-order valence-corrected chi connectivity index (χ2v) is 12.4. The molecule has 46 heavy (non-hydrogen) atoms. The normalized spacial score (nSPS) is 19.1. The third-order valence-electron chi connectivity index (χ3n) is 9.52. The van der Waals surface area contributed by atoms with Gasteiger partial charge in [0.15, 0.2) is 0 Å². The lowest BCUT2D eigenvalue weighted by atomic mass is 9.85. The number of nitrogens with zero attached hydrogens (tertiary/aromatic N) is 2. The van der Waals surface area contributed by atoms with E-state index in [2.05, 4.69) is 23.5 Å². The number of rotatable bonds is 21. The molecular formula is C34H58N4O8. The van der Waals surface area contributed by atoms with Gasteiger partial charge in [-0.15, -0.1) is 6.42 Å². The van der Waals surface area contributed by atoms with Crippen LogP contribution in [-0.4, -0.2) is 110 Å². The van der Waals surface area contributed by atoms with E-state index in [0.29, 0.717) is 13.0 Å². The van der Waals surface area contributed by atoms with Crippen molar-refractivity contribution in [2.45, 2.75) is 110 Å². The highest BCUT2D eigenvalue weighted by atomic mass is 16.5. The summed E-state index contributed by atoms with van der Waals surface area (Å²) in [6, 6.07) is -0.842. The Morgan fingerprint density at radius 2 is 1.67 bits per heavy atom. The van der Waals surface area contributed by atoms with Gasteiger partial charge in [-0.05, 0) is 31.1 Å². The van der Waals surface area contributed by atoms with Crippen LogP contribution >= 0.6 is 0 Å². The number of nitrogens with one attached hydrogen (secondary N) is 2. The summed E-state index contributed by atoms with van der Waals surface area (Å²) in [6.45, 7) is 9.51. The van der Waals surface area contributed by atoms with Crippen molar-refractivity contribution in [3.8, 4) is 12.3 Å². The van der Waals surface area contributed by atoms with Crippen molar-refractivity contribution in [2.75, 3.05) is 40.9 Å². The predicted octanol–water partition coefficient (Wildman–Crippen LogP) is 2.69. The zero-order valence-corrected chi connectivity index (χ0v) is 29.2. The van der Waals surface area contributed by atoms with Crippen LogP contribution in [0.25, 0.3) is 0 Å². The van der Waals surface area contributed by atoms with Gasteiger partial charge in [0.05, 0.1) is 43.2 Å². The average molecular weight is 651 g/mol. The van der Waals surface area contributed by atoms with Crippen LogP contribution in [0.5, 0.6) is 0 Å². The molecule has 0 radical (unpaired) electrons. The predicted molar refractivity (Wildman–Crippen MR) is 175 cm³/mol. The number of methoxy groups -OCH3 is 2. The first-order valence-electron chi connectivity index (χ1n) is 16.7. The highest BCUT2D eigenvalue weighted by Crippen LogP contribution is 2.29. The Morgan fingerprint density at radius 3 is 2.20 bits per heavy atom. The summed E-state index contributed by atoms with van der Waals surface area (Å²) in [7, 11) is 4.65. The maximum atomic E-state index is 13.8. The molecule has 8 atom stereocenters. The van der Waals surface area contributed by atoms with E-state index in [4.69, 9.17) is 21.0 Å². The fourth-order valence-corrected chi connectivity index (χ4v) is 6.55. The zero-order chi connectivity index (χ0) is 35.0. The molecule has 0 aromatic heterocycles. The van der Waals surface area contributed by atoms with Crippen molar-refractivity contribution < 1.29 is 38.6 Å². The number of ether oxygens (including phenoxy) is 2. The van der Waals surface area contributed by atoms with Gasteiger partial charge in [0.1, 0.15) is 12.5 Å². The SMILES string of the molecule is C#CC(C(=O)NCC(=O)N(C)C(C(C)CC)C(CC(=O)N1CCCC1C(OC)C(C)C(=O)NCC(=O)O)OC)C(CC)CCCC. The van der Waals surface area contributed by atoms with E-state index in [-0.39, 0.29) is 48.6 Å². The third kappa shape index (κ3) is 11.6. The van der Waals surface area contributed by atoms with Crippen LogP contribution in [0.4, 0.5) is 0 Å². The monoisotopic (exact) mass is 650 g/mol. The van der Waals surface area contributed by atoms with E-state index in [0.717, 1.165) is 38.5 Å². The maximum Gasteiger partial charge on any atom is 0.322 e. The quantitative estimate of drug-likeness (QED) is 0.160. The van der Waals surface area contributed by atoms with E-state index in [1.807, 2.05) is 20.8 Å². The second-order valence-electron chi connectivity index (χ2n) is 12.4. The molecule has 0 aromatic rings. The number of amides is 4. The number of carboxylic acid groups (broad SMARTS) is 1. The Labute approximate surface area is 275 Å². The molecule has 0 aromatic carbocycles. The highest BCUT2D eigenvalue weighted by molar-refractivity contribution is 5.87. The Balaban J connectivity index is 3.05. The Hall–Kier alpha value is -3.17. The van der Waals surface area contributed by atoms with Gasteiger partial charge >= 0.3 is 5.97 Å². The number of carboxylic acids is 1. The van der Waals surface area contributed by atoms with Crippen molar-refractivity contribution in [2.24, 2.45) is 23.7 Å². The second kappa shape index (κ2) is 20.9. The summed E-state index contributed by atoms with van der Waals surface area (Å²) >= 11 is 0. The number of carbonyl (C=O) groups is 5.